The molecule has 0 radical (unpaired) electrons. The Morgan fingerprint density at radius 2 is 1.74 bits per heavy atom. The van der Waals surface area contributed by atoms with Crippen LogP contribution in [0, 0.1) is 0 Å². The minimum atomic E-state index is -4.42. The third kappa shape index (κ3) is 2.21. The van der Waals surface area contributed by atoms with Crippen LogP contribution < -0.4 is 0 Å². The van der Waals surface area contributed by atoms with Crippen LogP contribution in [0.25, 0.3) is 0 Å². The zero-order chi connectivity index (χ0) is 13.5. The Morgan fingerprint density at radius 1 is 1.00 bits per heavy atom. The third-order valence-corrected chi connectivity index (χ3v) is 2.84. The molecule has 0 atom stereocenters. The lowest BCUT2D eigenvalue weighted by Crippen LogP contribution is -2.09. The topological polar surface area (TPSA) is 38.1 Å². The third-order valence-electron chi connectivity index (χ3n) is 2.84. The number of rotatable bonds is 1. The van der Waals surface area contributed by atoms with Gasteiger partial charge in [-0.2, -0.15) is 13.2 Å². The Morgan fingerprint density at radius 3 is 2.42 bits per heavy atom. The summed E-state index contributed by atoms with van der Waals surface area (Å²) < 4.78 is 37.7. The van der Waals surface area contributed by atoms with Gasteiger partial charge in [0, 0.05) is 18.8 Å². The molecule has 2 aromatic heterocycles. The Hall–Kier alpha value is -2.24. The molecule has 1 aliphatic heterocycles. The van der Waals surface area contributed by atoms with Gasteiger partial charge in [0.15, 0.2) is 0 Å². The lowest BCUT2D eigenvalue weighted by atomic mass is 10.1. The average Bonchev–Trinajstić information content (AvgIpc) is 2.81. The summed E-state index contributed by atoms with van der Waals surface area (Å²) in [6.45, 7) is 0. The van der Waals surface area contributed by atoms with Gasteiger partial charge >= 0.3 is 6.18 Å². The molecule has 0 N–H and O–H groups in total. The Bertz CT molecular complexity index is 648. The summed E-state index contributed by atoms with van der Waals surface area (Å²) in [6, 6.07) is 5.86. The normalized spacial score (nSPS) is 14.2. The van der Waals surface area contributed by atoms with Gasteiger partial charge < -0.3 is 0 Å². The maximum absolute atomic E-state index is 12.6. The highest BCUT2D eigenvalue weighted by Crippen LogP contribution is 2.33. The van der Waals surface area contributed by atoms with Crippen molar-refractivity contribution in [3.8, 4) is 0 Å². The van der Waals surface area contributed by atoms with Gasteiger partial charge in [-0.15, -0.1) is 0 Å². The molecule has 0 aliphatic carbocycles. The number of fused-ring (bicyclic) bond motifs is 1. The lowest BCUT2D eigenvalue weighted by molar-refractivity contribution is -0.141. The molecule has 0 fully saturated rings. The predicted molar refractivity (Wildman–Crippen MR) is 63.4 cm³/mol. The van der Waals surface area contributed by atoms with E-state index in [1.54, 1.807) is 24.5 Å². The summed E-state index contributed by atoms with van der Waals surface area (Å²) in [5.74, 6) is 0. The lowest BCUT2D eigenvalue weighted by Gasteiger charge is -2.06. The molecule has 6 heteroatoms. The van der Waals surface area contributed by atoms with Crippen LogP contribution >= 0.6 is 0 Å². The highest BCUT2D eigenvalue weighted by molar-refractivity contribution is 6.06. The second kappa shape index (κ2) is 4.15. The highest BCUT2D eigenvalue weighted by atomic mass is 19.4. The molecule has 0 bridgehead atoms. The maximum Gasteiger partial charge on any atom is 0.433 e. The van der Waals surface area contributed by atoms with Gasteiger partial charge in [-0.1, -0.05) is 0 Å². The zero-order valence-electron chi connectivity index (χ0n) is 9.65. The molecule has 1 aliphatic rings. The Balaban J connectivity index is 1.95. The standard InChI is InChI=1S/C13H8F3N3/c14-13(15,16)12-2-1-9-11(19-12)7-10(18-9)8-3-5-17-6-4-8/h1-6H,7H2. The van der Waals surface area contributed by atoms with Crippen molar-refractivity contribution in [1.82, 2.24) is 9.97 Å². The molecule has 3 nitrogen and oxygen atoms in total. The van der Waals surface area contributed by atoms with Crippen molar-refractivity contribution >= 4 is 11.4 Å². The summed E-state index contributed by atoms with van der Waals surface area (Å²) in [6.07, 6.45) is -0.872. The number of halogens is 3. The molecule has 0 aromatic carbocycles. The molecule has 0 saturated carbocycles. The van der Waals surface area contributed by atoms with Gasteiger partial charge in [0.2, 0.25) is 0 Å². The van der Waals surface area contributed by atoms with Gasteiger partial charge in [-0.05, 0) is 29.8 Å². The molecular formula is C13H8F3N3. The van der Waals surface area contributed by atoms with E-state index >= 15 is 0 Å². The number of hydrogen-bond donors (Lipinski definition) is 0. The van der Waals surface area contributed by atoms with E-state index in [2.05, 4.69) is 15.0 Å². The quantitative estimate of drug-likeness (QED) is 0.792. The van der Waals surface area contributed by atoms with Crippen LogP contribution in [0.15, 0.2) is 41.7 Å². The fraction of sp³-hybridized carbons (Fsp3) is 0.154. The smallest absolute Gasteiger partial charge is 0.265 e. The van der Waals surface area contributed by atoms with E-state index in [1.807, 2.05) is 0 Å². The van der Waals surface area contributed by atoms with Crippen molar-refractivity contribution in [1.29, 1.82) is 0 Å². The molecule has 0 spiro atoms. The van der Waals surface area contributed by atoms with Crippen molar-refractivity contribution in [2.75, 3.05) is 0 Å². The second-order valence-corrected chi connectivity index (χ2v) is 4.13. The number of aromatic nitrogens is 2. The summed E-state index contributed by atoms with van der Waals surface area (Å²) in [4.78, 5) is 11.8. The molecule has 0 unspecified atom stereocenters. The van der Waals surface area contributed by atoms with E-state index in [-0.39, 0.29) is 0 Å². The molecule has 2 aromatic rings. The van der Waals surface area contributed by atoms with Gasteiger partial charge in [0.25, 0.3) is 0 Å². The van der Waals surface area contributed by atoms with Gasteiger partial charge in [-0.3, -0.25) is 9.98 Å². The fourth-order valence-corrected chi connectivity index (χ4v) is 1.94. The molecular weight excluding hydrogens is 255 g/mol. The van der Waals surface area contributed by atoms with Crippen molar-refractivity contribution in [3.05, 3.63) is 53.6 Å². The first kappa shape index (κ1) is 11.8. The maximum atomic E-state index is 12.6. The monoisotopic (exact) mass is 263 g/mol. The minimum absolute atomic E-state index is 0.309. The van der Waals surface area contributed by atoms with Crippen molar-refractivity contribution in [2.24, 2.45) is 4.99 Å². The van der Waals surface area contributed by atoms with Crippen LogP contribution in [0.4, 0.5) is 18.9 Å². The van der Waals surface area contributed by atoms with E-state index in [0.29, 0.717) is 23.5 Å². The first-order chi connectivity index (χ1) is 9.04. The zero-order valence-corrected chi connectivity index (χ0v) is 9.65. The van der Waals surface area contributed by atoms with Gasteiger partial charge in [0.05, 0.1) is 17.1 Å². The summed E-state index contributed by atoms with van der Waals surface area (Å²) in [5, 5.41) is 0. The summed E-state index contributed by atoms with van der Waals surface area (Å²) >= 11 is 0. The minimum Gasteiger partial charge on any atom is -0.265 e. The van der Waals surface area contributed by atoms with E-state index in [0.717, 1.165) is 11.6 Å². The van der Waals surface area contributed by atoms with Crippen molar-refractivity contribution in [2.45, 2.75) is 12.6 Å². The number of aliphatic imine (C=N–C) groups is 1. The molecule has 19 heavy (non-hydrogen) atoms. The van der Waals surface area contributed by atoms with Crippen molar-refractivity contribution < 1.29 is 13.2 Å². The fourth-order valence-electron chi connectivity index (χ4n) is 1.94. The van der Waals surface area contributed by atoms with Crippen LogP contribution in [0.5, 0.6) is 0 Å². The van der Waals surface area contributed by atoms with Crippen LogP contribution in [0.2, 0.25) is 0 Å². The number of alkyl halides is 3. The Labute approximate surface area is 106 Å². The summed E-state index contributed by atoms with van der Waals surface area (Å²) in [7, 11) is 0. The first-order valence-electron chi connectivity index (χ1n) is 5.59. The molecule has 0 saturated heterocycles. The van der Waals surface area contributed by atoms with Gasteiger partial charge in [0.1, 0.15) is 5.69 Å². The van der Waals surface area contributed by atoms with Crippen LogP contribution in [-0.4, -0.2) is 15.7 Å². The van der Waals surface area contributed by atoms with Gasteiger partial charge in [-0.25, -0.2) is 4.98 Å². The van der Waals surface area contributed by atoms with Crippen molar-refractivity contribution in [3.63, 3.8) is 0 Å². The predicted octanol–water partition coefficient (Wildman–Crippen LogP) is 3.17. The van der Waals surface area contributed by atoms with Crippen LogP contribution in [0.3, 0.4) is 0 Å². The summed E-state index contributed by atoms with van der Waals surface area (Å²) in [5.41, 5.74) is 1.55. The SMILES string of the molecule is FC(F)(F)c1ccc2c(n1)CC(c1ccncc1)=N2. The highest BCUT2D eigenvalue weighted by Gasteiger charge is 2.33. The average molecular weight is 263 g/mol. The molecule has 96 valence electrons. The molecule has 3 heterocycles. The van der Waals surface area contributed by atoms with Crippen LogP contribution in [-0.2, 0) is 12.6 Å². The Kier molecular flexibility index (Phi) is 2.58. The van der Waals surface area contributed by atoms with E-state index < -0.39 is 11.9 Å². The van der Waals surface area contributed by atoms with E-state index in [9.17, 15) is 13.2 Å². The second-order valence-electron chi connectivity index (χ2n) is 4.13. The first-order valence-corrected chi connectivity index (χ1v) is 5.59. The number of pyridine rings is 2. The van der Waals surface area contributed by atoms with E-state index in [1.165, 1.54) is 6.07 Å². The number of nitrogens with zero attached hydrogens (tertiary/aromatic N) is 3. The van der Waals surface area contributed by atoms with Crippen LogP contribution in [0.1, 0.15) is 17.0 Å². The van der Waals surface area contributed by atoms with E-state index in [4.69, 9.17) is 0 Å². The molecule has 0 amide bonds. The largest absolute Gasteiger partial charge is 0.433 e. The number of hydrogen-bond acceptors (Lipinski definition) is 3. The molecule has 3 rings (SSSR count).